The standard InChI is InChI=1S/C19H26N2/c1-4-12-21-19(18-14-20-13-11-16(18)3)10-9-17-7-5-15(2)6-8-17/h5-8,11,13-14,19,21H,4,9-10,12H2,1-3H3. The Morgan fingerprint density at radius 3 is 2.52 bits per heavy atom. The van der Waals surface area contributed by atoms with Crippen molar-refractivity contribution in [2.45, 2.75) is 46.1 Å². The summed E-state index contributed by atoms with van der Waals surface area (Å²) in [4.78, 5) is 4.30. The van der Waals surface area contributed by atoms with E-state index in [2.05, 4.69) is 61.4 Å². The van der Waals surface area contributed by atoms with E-state index in [9.17, 15) is 0 Å². The molecule has 0 aliphatic rings. The molecule has 0 amide bonds. The molecule has 1 heterocycles. The van der Waals surface area contributed by atoms with Crippen molar-refractivity contribution < 1.29 is 0 Å². The number of benzene rings is 1. The van der Waals surface area contributed by atoms with Crippen LogP contribution in [-0.2, 0) is 6.42 Å². The molecule has 1 aromatic carbocycles. The molecule has 0 aliphatic carbocycles. The number of pyridine rings is 1. The number of hydrogen-bond donors (Lipinski definition) is 1. The summed E-state index contributed by atoms with van der Waals surface area (Å²) in [5.74, 6) is 0. The van der Waals surface area contributed by atoms with E-state index in [1.165, 1.54) is 22.3 Å². The summed E-state index contributed by atoms with van der Waals surface area (Å²) in [6, 6.07) is 11.4. The van der Waals surface area contributed by atoms with E-state index in [-0.39, 0.29) is 0 Å². The summed E-state index contributed by atoms with van der Waals surface area (Å²) >= 11 is 0. The highest BCUT2D eigenvalue weighted by molar-refractivity contribution is 5.26. The zero-order valence-corrected chi connectivity index (χ0v) is 13.4. The zero-order chi connectivity index (χ0) is 15.1. The first kappa shape index (κ1) is 15.7. The van der Waals surface area contributed by atoms with Crippen molar-refractivity contribution in [3.63, 3.8) is 0 Å². The highest BCUT2D eigenvalue weighted by atomic mass is 14.9. The summed E-state index contributed by atoms with van der Waals surface area (Å²) in [7, 11) is 0. The number of rotatable bonds is 7. The van der Waals surface area contributed by atoms with Crippen LogP contribution in [0.3, 0.4) is 0 Å². The van der Waals surface area contributed by atoms with Gasteiger partial charge in [-0.05, 0) is 62.4 Å². The second-order valence-electron chi connectivity index (χ2n) is 5.76. The van der Waals surface area contributed by atoms with Crippen molar-refractivity contribution in [1.29, 1.82) is 0 Å². The third-order valence-electron chi connectivity index (χ3n) is 3.94. The van der Waals surface area contributed by atoms with Crippen molar-refractivity contribution >= 4 is 0 Å². The monoisotopic (exact) mass is 282 g/mol. The van der Waals surface area contributed by atoms with Gasteiger partial charge in [0, 0.05) is 18.4 Å². The van der Waals surface area contributed by atoms with Crippen LogP contribution < -0.4 is 5.32 Å². The van der Waals surface area contributed by atoms with Crippen LogP contribution in [0.15, 0.2) is 42.7 Å². The van der Waals surface area contributed by atoms with Crippen LogP contribution in [0.1, 0.15) is 48.1 Å². The van der Waals surface area contributed by atoms with E-state index in [1.54, 1.807) is 0 Å². The molecule has 0 saturated heterocycles. The minimum Gasteiger partial charge on any atom is -0.310 e. The van der Waals surface area contributed by atoms with Crippen molar-refractivity contribution in [3.8, 4) is 0 Å². The van der Waals surface area contributed by atoms with Gasteiger partial charge < -0.3 is 5.32 Å². The normalized spacial score (nSPS) is 12.3. The molecule has 0 radical (unpaired) electrons. The van der Waals surface area contributed by atoms with E-state index in [4.69, 9.17) is 0 Å². The third-order valence-corrected chi connectivity index (χ3v) is 3.94. The van der Waals surface area contributed by atoms with E-state index in [0.717, 1.165) is 25.8 Å². The Bertz CT molecular complexity index is 546. The average molecular weight is 282 g/mol. The number of hydrogen-bond acceptors (Lipinski definition) is 2. The number of nitrogens with one attached hydrogen (secondary N) is 1. The van der Waals surface area contributed by atoms with Crippen molar-refractivity contribution in [3.05, 3.63) is 65.0 Å². The molecule has 0 spiro atoms. The number of aryl methyl sites for hydroxylation is 3. The molecule has 1 N–H and O–H groups in total. The maximum absolute atomic E-state index is 4.30. The maximum Gasteiger partial charge on any atom is 0.0341 e. The summed E-state index contributed by atoms with van der Waals surface area (Å²) in [6.07, 6.45) is 7.24. The summed E-state index contributed by atoms with van der Waals surface area (Å²) in [6.45, 7) is 7.56. The molecule has 0 fully saturated rings. The Hall–Kier alpha value is -1.67. The summed E-state index contributed by atoms with van der Waals surface area (Å²) in [5.41, 5.74) is 5.38. The molecule has 0 bridgehead atoms. The molecule has 0 aliphatic heterocycles. The van der Waals surface area contributed by atoms with E-state index in [1.807, 2.05) is 12.4 Å². The van der Waals surface area contributed by atoms with Gasteiger partial charge in [-0.25, -0.2) is 0 Å². The van der Waals surface area contributed by atoms with Crippen LogP contribution in [-0.4, -0.2) is 11.5 Å². The predicted molar refractivity (Wildman–Crippen MR) is 89.5 cm³/mol. The van der Waals surface area contributed by atoms with Gasteiger partial charge in [0.15, 0.2) is 0 Å². The zero-order valence-electron chi connectivity index (χ0n) is 13.4. The minimum absolute atomic E-state index is 0.389. The summed E-state index contributed by atoms with van der Waals surface area (Å²) < 4.78 is 0. The van der Waals surface area contributed by atoms with E-state index >= 15 is 0 Å². The molecule has 0 saturated carbocycles. The lowest BCUT2D eigenvalue weighted by molar-refractivity contribution is 0.496. The molecule has 1 atom stereocenters. The Labute approximate surface area is 128 Å². The first-order valence-electron chi connectivity index (χ1n) is 7.90. The van der Waals surface area contributed by atoms with Gasteiger partial charge in [0.25, 0.3) is 0 Å². The van der Waals surface area contributed by atoms with Gasteiger partial charge in [0.05, 0.1) is 0 Å². The second-order valence-corrected chi connectivity index (χ2v) is 5.76. The molecule has 21 heavy (non-hydrogen) atoms. The Balaban J connectivity index is 2.06. The Morgan fingerprint density at radius 1 is 1.10 bits per heavy atom. The lowest BCUT2D eigenvalue weighted by Gasteiger charge is -2.20. The molecule has 1 unspecified atom stereocenters. The number of aromatic nitrogens is 1. The molecular weight excluding hydrogens is 256 g/mol. The third kappa shape index (κ3) is 4.68. The SMILES string of the molecule is CCCNC(CCc1ccc(C)cc1)c1cnccc1C. The fourth-order valence-electron chi connectivity index (χ4n) is 2.59. The average Bonchev–Trinajstić information content (AvgIpc) is 2.50. The molecule has 2 rings (SSSR count). The van der Waals surface area contributed by atoms with Crippen LogP contribution in [0, 0.1) is 13.8 Å². The predicted octanol–water partition coefficient (Wildman–Crippen LogP) is 4.37. The van der Waals surface area contributed by atoms with Gasteiger partial charge in [-0.2, -0.15) is 0 Å². The minimum atomic E-state index is 0.389. The lowest BCUT2D eigenvalue weighted by atomic mass is 9.97. The van der Waals surface area contributed by atoms with E-state index < -0.39 is 0 Å². The van der Waals surface area contributed by atoms with Crippen LogP contribution in [0.5, 0.6) is 0 Å². The van der Waals surface area contributed by atoms with Crippen molar-refractivity contribution in [2.75, 3.05) is 6.54 Å². The van der Waals surface area contributed by atoms with Gasteiger partial charge in [-0.1, -0.05) is 36.8 Å². The van der Waals surface area contributed by atoms with Gasteiger partial charge in [-0.3, -0.25) is 4.98 Å². The second kappa shape index (κ2) is 7.94. The first-order valence-corrected chi connectivity index (χ1v) is 7.90. The fourth-order valence-corrected chi connectivity index (χ4v) is 2.59. The largest absolute Gasteiger partial charge is 0.310 e. The topological polar surface area (TPSA) is 24.9 Å². The van der Waals surface area contributed by atoms with Crippen molar-refractivity contribution in [2.24, 2.45) is 0 Å². The fraction of sp³-hybridized carbons (Fsp3) is 0.421. The number of nitrogens with zero attached hydrogens (tertiary/aromatic N) is 1. The molecule has 2 heteroatoms. The van der Waals surface area contributed by atoms with Gasteiger partial charge >= 0.3 is 0 Å². The van der Waals surface area contributed by atoms with Crippen LogP contribution >= 0.6 is 0 Å². The molecule has 112 valence electrons. The Kier molecular flexibility index (Phi) is 5.94. The highest BCUT2D eigenvalue weighted by Crippen LogP contribution is 2.22. The Morgan fingerprint density at radius 2 is 1.86 bits per heavy atom. The van der Waals surface area contributed by atoms with Gasteiger partial charge in [0.1, 0.15) is 0 Å². The molecule has 2 nitrogen and oxygen atoms in total. The molecular formula is C19H26N2. The smallest absolute Gasteiger partial charge is 0.0341 e. The molecule has 2 aromatic rings. The van der Waals surface area contributed by atoms with Crippen LogP contribution in [0.2, 0.25) is 0 Å². The highest BCUT2D eigenvalue weighted by Gasteiger charge is 2.13. The van der Waals surface area contributed by atoms with Crippen LogP contribution in [0.25, 0.3) is 0 Å². The summed E-state index contributed by atoms with van der Waals surface area (Å²) in [5, 5.41) is 3.67. The molecule has 1 aromatic heterocycles. The van der Waals surface area contributed by atoms with Crippen molar-refractivity contribution in [1.82, 2.24) is 10.3 Å². The quantitative estimate of drug-likeness (QED) is 0.815. The first-order chi connectivity index (χ1) is 10.2. The van der Waals surface area contributed by atoms with Gasteiger partial charge in [-0.15, -0.1) is 0 Å². The van der Waals surface area contributed by atoms with E-state index in [0.29, 0.717) is 6.04 Å². The van der Waals surface area contributed by atoms with Crippen LogP contribution in [0.4, 0.5) is 0 Å². The maximum atomic E-state index is 4.30. The lowest BCUT2D eigenvalue weighted by Crippen LogP contribution is -2.23. The van der Waals surface area contributed by atoms with Gasteiger partial charge in [0.2, 0.25) is 0 Å².